The largest absolute Gasteiger partial charge is 0.617 e. The molecule has 0 aliphatic heterocycles. The van der Waals surface area contributed by atoms with Crippen LogP contribution in [0.25, 0.3) is 0 Å². The summed E-state index contributed by atoms with van der Waals surface area (Å²) in [5, 5.41) is 21.5. The van der Waals surface area contributed by atoms with E-state index in [1.807, 2.05) is 0 Å². The smallest absolute Gasteiger partial charge is 0.110 e. The van der Waals surface area contributed by atoms with Gasteiger partial charge in [-0.3, -0.25) is 0 Å². The predicted octanol–water partition coefficient (Wildman–Crippen LogP) is 3.36. The molecule has 5 rings (SSSR count). The maximum Gasteiger partial charge on any atom is 0.110 e. The predicted molar refractivity (Wildman–Crippen MR) is 102 cm³/mol. The van der Waals surface area contributed by atoms with Gasteiger partial charge in [0.05, 0.1) is 12.4 Å². The molecule has 144 valence electrons. The first-order chi connectivity index (χ1) is 11.8. The molecule has 0 amide bonds. The first-order valence-electron chi connectivity index (χ1n) is 10.4. The van der Waals surface area contributed by atoms with Gasteiger partial charge in [0.1, 0.15) is 5.75 Å². The molecule has 0 heterocycles. The molecule has 5 aliphatic rings. The van der Waals surface area contributed by atoms with Crippen LogP contribution in [0, 0.1) is 39.9 Å². The average Bonchev–Trinajstić information content (AvgIpc) is 2.57. The van der Waals surface area contributed by atoms with Crippen molar-refractivity contribution in [1.82, 2.24) is 0 Å². The summed E-state index contributed by atoms with van der Waals surface area (Å²) in [7, 11) is 0. The van der Waals surface area contributed by atoms with Crippen molar-refractivity contribution in [2.45, 2.75) is 71.3 Å². The second-order valence-electron chi connectivity index (χ2n) is 10.4. The number of aliphatic hydroxyl groups is 2. The zero-order valence-electron chi connectivity index (χ0n) is 16.2. The monoisotopic (exact) mass is 368 g/mol. The zero-order chi connectivity index (χ0) is 18.0. The van der Waals surface area contributed by atoms with E-state index in [9.17, 15) is 14.8 Å². The van der Waals surface area contributed by atoms with Gasteiger partial charge in [-0.25, -0.2) is 0 Å². The Morgan fingerprint density at radius 2 is 1.80 bits per heavy atom. The molecule has 3 nitrogen and oxygen atoms in total. The van der Waals surface area contributed by atoms with Gasteiger partial charge in [-0.15, -0.1) is 0 Å². The molecule has 1 spiro atoms. The van der Waals surface area contributed by atoms with Crippen LogP contribution in [0.3, 0.4) is 0 Å². The number of fused-ring (bicyclic) bond motifs is 3. The third-order valence-electron chi connectivity index (χ3n) is 9.40. The molecule has 4 heteroatoms. The fourth-order valence-electron chi connectivity index (χ4n) is 8.30. The third-order valence-corrected chi connectivity index (χ3v) is 10.3. The minimum atomic E-state index is -0.826. The molecule has 0 saturated heterocycles. The van der Waals surface area contributed by atoms with Gasteiger partial charge in [0.25, 0.3) is 0 Å². The van der Waals surface area contributed by atoms with Crippen LogP contribution in [0.5, 0.6) is 0 Å². The Morgan fingerprint density at radius 1 is 1.08 bits per heavy atom. The molecule has 2 bridgehead atoms. The van der Waals surface area contributed by atoms with E-state index in [4.69, 9.17) is 0 Å². The quantitative estimate of drug-likeness (QED) is 0.751. The maximum absolute atomic E-state index is 11.9. The van der Waals surface area contributed by atoms with Crippen LogP contribution in [0.1, 0.15) is 65.2 Å². The average molecular weight is 369 g/mol. The minimum Gasteiger partial charge on any atom is -0.617 e. The van der Waals surface area contributed by atoms with Crippen molar-refractivity contribution in [2.24, 2.45) is 39.9 Å². The first kappa shape index (κ1) is 18.6. The lowest BCUT2D eigenvalue weighted by Crippen LogP contribution is -2.67. The van der Waals surface area contributed by atoms with Crippen molar-refractivity contribution in [1.29, 1.82) is 0 Å². The van der Waals surface area contributed by atoms with Crippen LogP contribution < -0.4 is 0 Å². The van der Waals surface area contributed by atoms with Crippen molar-refractivity contribution in [2.75, 3.05) is 18.6 Å². The van der Waals surface area contributed by atoms with Gasteiger partial charge in [0, 0.05) is 17.9 Å². The second kappa shape index (κ2) is 6.12. The van der Waals surface area contributed by atoms with Gasteiger partial charge in [0.15, 0.2) is 0 Å². The molecule has 0 radical (unpaired) electrons. The van der Waals surface area contributed by atoms with Crippen LogP contribution in [0.2, 0.25) is 0 Å². The molecule has 1 unspecified atom stereocenters. The summed E-state index contributed by atoms with van der Waals surface area (Å²) >= 11 is -0.826. The molecule has 2 N–H and O–H groups in total. The van der Waals surface area contributed by atoms with Crippen LogP contribution in [0.4, 0.5) is 0 Å². The van der Waals surface area contributed by atoms with Crippen molar-refractivity contribution >= 4 is 11.2 Å². The molecular formula is C21H36O3S. The normalized spacial score (nSPS) is 56.2. The van der Waals surface area contributed by atoms with E-state index in [2.05, 4.69) is 13.8 Å². The highest BCUT2D eigenvalue weighted by Crippen LogP contribution is 2.72. The minimum absolute atomic E-state index is 0.0533. The lowest BCUT2D eigenvalue weighted by atomic mass is 9.35. The Kier molecular flexibility index (Phi) is 4.55. The van der Waals surface area contributed by atoms with Gasteiger partial charge in [-0.2, -0.15) is 0 Å². The van der Waals surface area contributed by atoms with Crippen LogP contribution in [-0.4, -0.2) is 39.5 Å². The highest BCUT2D eigenvalue weighted by atomic mass is 32.2. The Hall–Kier alpha value is 0.230. The van der Waals surface area contributed by atoms with Crippen LogP contribution in [-0.2, 0) is 11.2 Å². The Morgan fingerprint density at radius 3 is 2.48 bits per heavy atom. The SMILES string of the molecule is C[S+]([O-])C[C@H]1[C@H]2CC[C@@]3(CC[C@@H]4[C@](C)(CO)CCC[C@@]4(C)[C@@H]3C2)[C@@H]1O. The fourth-order valence-corrected chi connectivity index (χ4v) is 9.29. The fraction of sp³-hybridized carbons (Fsp3) is 1.00. The summed E-state index contributed by atoms with van der Waals surface area (Å²) in [6.07, 6.45) is 11.0. The molecule has 5 saturated carbocycles. The molecule has 5 aliphatic carbocycles. The summed E-state index contributed by atoms with van der Waals surface area (Å²) in [6, 6.07) is 0. The second-order valence-corrected chi connectivity index (χ2v) is 11.9. The third kappa shape index (κ3) is 2.50. The van der Waals surface area contributed by atoms with Crippen molar-refractivity contribution in [3.05, 3.63) is 0 Å². The molecule has 0 aromatic carbocycles. The standard InChI is InChI=1S/C21H36O3S/c1-19(13-22)7-4-8-20(2)16(19)6-10-21-9-5-14(11-17(20)21)15(18(21)23)12-25(3)24/h14-18,22-23H,4-13H2,1-3H3/t14-,15-,16+,17-,18+,19-,20+,21-,25?/m0/s1. The van der Waals surface area contributed by atoms with Crippen LogP contribution >= 0.6 is 0 Å². The molecule has 5 fully saturated rings. The summed E-state index contributed by atoms with van der Waals surface area (Å²) in [6.45, 7) is 5.08. The van der Waals surface area contributed by atoms with Gasteiger partial charge in [-0.05, 0) is 73.5 Å². The van der Waals surface area contributed by atoms with Crippen molar-refractivity contribution in [3.63, 3.8) is 0 Å². The van der Waals surface area contributed by atoms with Crippen LogP contribution in [0.15, 0.2) is 0 Å². The van der Waals surface area contributed by atoms with E-state index in [1.165, 1.54) is 25.7 Å². The van der Waals surface area contributed by atoms with E-state index in [-0.39, 0.29) is 28.3 Å². The Labute approximate surface area is 156 Å². The van der Waals surface area contributed by atoms with E-state index >= 15 is 0 Å². The molecule has 25 heavy (non-hydrogen) atoms. The van der Waals surface area contributed by atoms with Gasteiger partial charge in [-0.1, -0.05) is 31.4 Å². The van der Waals surface area contributed by atoms with E-state index in [1.54, 1.807) is 6.26 Å². The summed E-state index contributed by atoms with van der Waals surface area (Å²) < 4.78 is 11.9. The zero-order valence-corrected chi connectivity index (χ0v) is 17.0. The number of rotatable bonds is 3. The van der Waals surface area contributed by atoms with E-state index < -0.39 is 11.2 Å². The lowest BCUT2D eigenvalue weighted by molar-refractivity contribution is -0.243. The highest BCUT2D eigenvalue weighted by Gasteiger charge is 2.67. The summed E-state index contributed by atoms with van der Waals surface area (Å²) in [5.74, 6) is 2.63. The van der Waals surface area contributed by atoms with Crippen molar-refractivity contribution in [3.8, 4) is 0 Å². The summed E-state index contributed by atoms with van der Waals surface area (Å²) in [5.41, 5.74) is 0.363. The Balaban J connectivity index is 1.68. The van der Waals surface area contributed by atoms with Gasteiger partial charge >= 0.3 is 0 Å². The molecule has 0 aromatic heterocycles. The number of aliphatic hydroxyl groups excluding tert-OH is 2. The molecular weight excluding hydrogens is 332 g/mol. The van der Waals surface area contributed by atoms with Crippen molar-refractivity contribution < 1.29 is 14.8 Å². The maximum atomic E-state index is 11.9. The highest BCUT2D eigenvalue weighted by molar-refractivity contribution is 7.90. The lowest BCUT2D eigenvalue weighted by Gasteiger charge is -2.70. The number of hydrogen-bond acceptors (Lipinski definition) is 3. The van der Waals surface area contributed by atoms with Gasteiger partial charge < -0.3 is 14.8 Å². The van der Waals surface area contributed by atoms with E-state index in [0.29, 0.717) is 30.1 Å². The molecule has 9 atom stereocenters. The summed E-state index contributed by atoms with van der Waals surface area (Å²) in [4.78, 5) is 0. The number of hydrogen-bond donors (Lipinski definition) is 2. The topological polar surface area (TPSA) is 63.5 Å². The first-order valence-corrected chi connectivity index (χ1v) is 12.1. The van der Waals surface area contributed by atoms with Gasteiger partial charge in [0.2, 0.25) is 0 Å². The van der Waals surface area contributed by atoms with E-state index in [0.717, 1.165) is 25.7 Å². The molecule has 0 aromatic rings. The Bertz CT molecular complexity index is 525.